The summed E-state index contributed by atoms with van der Waals surface area (Å²) in [5.74, 6) is -1.43. The molecule has 0 radical (unpaired) electrons. The number of likely N-dealkylation sites (tertiary alicyclic amines) is 1. The second kappa shape index (κ2) is 12.7. The van der Waals surface area contributed by atoms with Gasteiger partial charge in [0.15, 0.2) is 5.88 Å². The average Bonchev–Trinajstić information content (AvgIpc) is 3.32. The van der Waals surface area contributed by atoms with Gasteiger partial charge in [-0.25, -0.2) is 15.3 Å². The number of rotatable bonds is 9. The van der Waals surface area contributed by atoms with E-state index >= 15 is 0 Å². The zero-order chi connectivity index (χ0) is 29.6. The lowest BCUT2D eigenvalue weighted by atomic mass is 9.98. The van der Waals surface area contributed by atoms with Crippen LogP contribution in [0.15, 0.2) is 71.7 Å². The lowest BCUT2D eigenvalue weighted by Gasteiger charge is -2.28. The molecule has 0 bridgehead atoms. The molecule has 3 aromatic carbocycles. The summed E-state index contributed by atoms with van der Waals surface area (Å²) in [4.78, 5) is 39.6. The van der Waals surface area contributed by atoms with Gasteiger partial charge in [-0.2, -0.15) is 5.26 Å². The minimum Gasteiger partial charge on any atom is -0.494 e. The van der Waals surface area contributed by atoms with Crippen LogP contribution >= 0.6 is 0 Å². The van der Waals surface area contributed by atoms with Gasteiger partial charge in [0.05, 0.1) is 35.2 Å². The van der Waals surface area contributed by atoms with Gasteiger partial charge in [0.1, 0.15) is 0 Å². The molecule has 4 N–H and O–H groups in total. The molecule has 0 unspecified atom stereocenters. The van der Waals surface area contributed by atoms with Crippen molar-refractivity contribution in [3.63, 3.8) is 0 Å². The Bertz CT molecular complexity index is 1660. The Morgan fingerprint density at radius 2 is 1.81 bits per heavy atom. The Hall–Kier alpha value is -4.98. The van der Waals surface area contributed by atoms with E-state index in [0.717, 1.165) is 31.5 Å². The molecular weight excluding hydrogens is 534 g/mol. The number of carboxylic acids is 1. The topological polar surface area (TPSA) is 151 Å². The van der Waals surface area contributed by atoms with Gasteiger partial charge in [-0.3, -0.25) is 9.63 Å². The standard InChI is InChI=1S/C32H31N5O5/c1-20-17-26-27(18-25(20)32(40)41)35-31(39)28(26)29(22-5-3-2-4-6-22)34-24-9-7-23(8-10-24)30(38)36-42-16-15-37-13-11-21(19-33)12-14-37/h2-10,17-18,21,35,39H,11-16H2,1H3,(H,36,38)(H,40,41). The number of fused-ring (bicyclic) bond motifs is 1. The zero-order valence-corrected chi connectivity index (χ0v) is 23.1. The molecule has 42 heavy (non-hydrogen) atoms. The van der Waals surface area contributed by atoms with Crippen molar-refractivity contribution < 1.29 is 24.6 Å². The van der Waals surface area contributed by atoms with Crippen molar-refractivity contribution in [1.82, 2.24) is 15.4 Å². The van der Waals surface area contributed by atoms with Gasteiger partial charge >= 0.3 is 5.97 Å². The van der Waals surface area contributed by atoms with Crippen LogP contribution in [0.1, 0.15) is 50.2 Å². The maximum Gasteiger partial charge on any atom is 0.336 e. The Balaban J connectivity index is 1.33. The first-order chi connectivity index (χ1) is 20.3. The van der Waals surface area contributed by atoms with E-state index in [0.29, 0.717) is 52.1 Å². The summed E-state index contributed by atoms with van der Waals surface area (Å²) in [6, 6.07) is 21.6. The third-order valence-corrected chi connectivity index (χ3v) is 7.45. The van der Waals surface area contributed by atoms with E-state index in [-0.39, 0.29) is 23.3 Å². The molecule has 1 aliphatic rings. The highest BCUT2D eigenvalue weighted by Crippen LogP contribution is 2.33. The summed E-state index contributed by atoms with van der Waals surface area (Å²) in [5, 5.41) is 30.1. The van der Waals surface area contributed by atoms with Crippen LogP contribution in [0.5, 0.6) is 5.88 Å². The lowest BCUT2D eigenvalue weighted by molar-refractivity contribution is 0.0197. The summed E-state index contributed by atoms with van der Waals surface area (Å²) in [7, 11) is 0. The third-order valence-electron chi connectivity index (χ3n) is 7.45. The molecule has 1 aromatic heterocycles. The Morgan fingerprint density at radius 1 is 1.10 bits per heavy atom. The zero-order valence-electron chi connectivity index (χ0n) is 23.1. The number of aromatic hydroxyl groups is 1. The molecule has 1 fully saturated rings. The number of nitrogens with zero attached hydrogens (tertiary/aromatic N) is 3. The molecule has 10 heteroatoms. The number of aliphatic imine (C=N–C) groups is 1. The molecule has 0 saturated carbocycles. The van der Waals surface area contributed by atoms with Crippen molar-refractivity contribution >= 4 is 34.2 Å². The number of carbonyl (C=O) groups excluding carboxylic acids is 1. The number of aryl methyl sites for hydroxylation is 1. The first-order valence-electron chi connectivity index (χ1n) is 13.7. The number of aromatic carboxylic acids is 1. The highest BCUT2D eigenvalue weighted by atomic mass is 16.7. The molecule has 1 saturated heterocycles. The van der Waals surface area contributed by atoms with Gasteiger partial charge in [0, 0.05) is 34.5 Å². The van der Waals surface area contributed by atoms with Gasteiger partial charge in [-0.05, 0) is 74.8 Å². The Labute approximate surface area is 242 Å². The number of hydrogen-bond donors (Lipinski definition) is 4. The minimum atomic E-state index is -1.05. The van der Waals surface area contributed by atoms with Gasteiger partial charge < -0.3 is 20.1 Å². The molecule has 0 aliphatic carbocycles. The molecule has 4 aromatic rings. The van der Waals surface area contributed by atoms with Gasteiger partial charge in [0.2, 0.25) is 0 Å². The molecule has 214 valence electrons. The van der Waals surface area contributed by atoms with Crippen molar-refractivity contribution in [3.05, 3.63) is 94.5 Å². The quantitative estimate of drug-likeness (QED) is 0.127. The van der Waals surface area contributed by atoms with Crippen LogP contribution in [-0.2, 0) is 4.84 Å². The van der Waals surface area contributed by atoms with Crippen LogP contribution in [0.25, 0.3) is 10.9 Å². The normalized spacial score (nSPS) is 14.5. The van der Waals surface area contributed by atoms with Crippen LogP contribution in [-0.4, -0.2) is 63.9 Å². The second-order valence-corrected chi connectivity index (χ2v) is 10.3. The number of hydrogen-bond acceptors (Lipinski definition) is 7. The van der Waals surface area contributed by atoms with Crippen LogP contribution in [0.4, 0.5) is 5.69 Å². The average molecular weight is 566 g/mol. The molecule has 1 amide bonds. The van der Waals surface area contributed by atoms with Gasteiger partial charge in [-0.15, -0.1) is 0 Å². The molecule has 1 aliphatic heterocycles. The number of hydroxylamine groups is 1. The second-order valence-electron chi connectivity index (χ2n) is 10.3. The van der Waals surface area contributed by atoms with E-state index in [1.54, 1.807) is 37.3 Å². The number of nitrogens with one attached hydrogen (secondary N) is 2. The van der Waals surface area contributed by atoms with Crippen LogP contribution in [0, 0.1) is 24.2 Å². The molecule has 0 spiro atoms. The van der Waals surface area contributed by atoms with E-state index in [1.807, 2.05) is 30.3 Å². The van der Waals surface area contributed by atoms with Crippen molar-refractivity contribution in [2.24, 2.45) is 10.9 Å². The maximum atomic E-state index is 12.6. The number of piperidine rings is 1. The third kappa shape index (κ3) is 6.33. The monoisotopic (exact) mass is 565 g/mol. The number of carboxylic acid groups (broad SMARTS) is 1. The van der Waals surface area contributed by atoms with Gasteiger partial charge in [-0.1, -0.05) is 30.3 Å². The van der Waals surface area contributed by atoms with Gasteiger partial charge in [0.25, 0.3) is 5.91 Å². The number of nitriles is 1. The van der Waals surface area contributed by atoms with Crippen molar-refractivity contribution in [2.75, 3.05) is 26.2 Å². The molecular formula is C32H31N5O5. The number of benzene rings is 3. The van der Waals surface area contributed by atoms with Crippen LogP contribution < -0.4 is 5.48 Å². The SMILES string of the molecule is Cc1cc2c(C(=Nc3ccc(C(=O)NOCCN4CCC(C#N)CC4)cc3)c3ccccc3)c(O)[nH]c2cc1C(=O)O. The highest BCUT2D eigenvalue weighted by Gasteiger charge is 2.21. The van der Waals surface area contributed by atoms with E-state index in [9.17, 15) is 19.8 Å². The summed E-state index contributed by atoms with van der Waals surface area (Å²) in [6.45, 7) is 4.42. The van der Waals surface area contributed by atoms with Crippen molar-refractivity contribution in [2.45, 2.75) is 19.8 Å². The summed E-state index contributed by atoms with van der Waals surface area (Å²) < 4.78 is 0. The van der Waals surface area contributed by atoms with Crippen LogP contribution in [0.2, 0.25) is 0 Å². The largest absolute Gasteiger partial charge is 0.494 e. The minimum absolute atomic E-state index is 0.127. The first-order valence-corrected chi connectivity index (χ1v) is 13.7. The summed E-state index contributed by atoms with van der Waals surface area (Å²) >= 11 is 0. The number of carbonyl (C=O) groups is 2. The number of aromatic amines is 1. The number of H-pyrrole nitrogens is 1. The summed E-state index contributed by atoms with van der Waals surface area (Å²) in [6.07, 6.45) is 1.71. The molecule has 2 heterocycles. The van der Waals surface area contributed by atoms with E-state index < -0.39 is 5.97 Å². The van der Waals surface area contributed by atoms with Crippen molar-refractivity contribution in [3.8, 4) is 11.9 Å². The number of aromatic nitrogens is 1. The van der Waals surface area contributed by atoms with Crippen LogP contribution in [0.3, 0.4) is 0 Å². The van der Waals surface area contributed by atoms with E-state index in [4.69, 9.17) is 15.1 Å². The smallest absolute Gasteiger partial charge is 0.336 e. The summed E-state index contributed by atoms with van der Waals surface area (Å²) in [5.41, 5.74) is 6.30. The Morgan fingerprint density at radius 3 is 2.48 bits per heavy atom. The number of amides is 1. The van der Waals surface area contributed by atoms with Crippen molar-refractivity contribution in [1.29, 1.82) is 5.26 Å². The predicted octanol–water partition coefficient (Wildman–Crippen LogP) is 4.95. The fraction of sp³-hybridized carbons (Fsp3) is 0.250. The predicted molar refractivity (Wildman–Crippen MR) is 158 cm³/mol. The maximum absolute atomic E-state index is 12.6. The fourth-order valence-corrected chi connectivity index (χ4v) is 5.12. The first kappa shape index (κ1) is 28.5. The molecule has 5 rings (SSSR count). The lowest BCUT2D eigenvalue weighted by Crippen LogP contribution is -2.37. The fourth-order valence-electron chi connectivity index (χ4n) is 5.12. The van der Waals surface area contributed by atoms with E-state index in [2.05, 4.69) is 21.4 Å². The Kier molecular flexibility index (Phi) is 8.62. The molecule has 0 atom stereocenters. The highest BCUT2D eigenvalue weighted by molar-refractivity contribution is 6.22. The molecule has 10 nitrogen and oxygen atoms in total. The van der Waals surface area contributed by atoms with E-state index in [1.165, 1.54) is 6.07 Å².